The number of esters is 1. The highest BCUT2D eigenvalue weighted by Gasteiger charge is 2.28. The van der Waals surface area contributed by atoms with Gasteiger partial charge in [0.15, 0.2) is 0 Å². The van der Waals surface area contributed by atoms with Crippen molar-refractivity contribution >= 4 is 17.9 Å². The zero-order chi connectivity index (χ0) is 26.8. The van der Waals surface area contributed by atoms with E-state index in [0.29, 0.717) is 19.6 Å². The third kappa shape index (κ3) is 9.02. The number of ether oxygens (including phenoxy) is 2. The third-order valence-electron chi connectivity index (χ3n) is 6.41. The number of aryl methyl sites for hydroxylation is 2. The van der Waals surface area contributed by atoms with Crippen LogP contribution in [0.3, 0.4) is 0 Å². The highest BCUT2D eigenvalue weighted by Crippen LogP contribution is 2.29. The summed E-state index contributed by atoms with van der Waals surface area (Å²) >= 11 is 0. The van der Waals surface area contributed by atoms with Gasteiger partial charge in [-0.3, -0.25) is 9.69 Å². The van der Waals surface area contributed by atoms with E-state index in [4.69, 9.17) is 14.5 Å². The van der Waals surface area contributed by atoms with Gasteiger partial charge in [-0.15, -0.1) is 0 Å². The summed E-state index contributed by atoms with van der Waals surface area (Å²) in [6.45, 7) is 8.43. The smallest absolute Gasteiger partial charge is 0.416 e. The average molecular weight is 512 g/mol. The first-order valence-corrected chi connectivity index (χ1v) is 13.5. The van der Waals surface area contributed by atoms with E-state index in [0.717, 1.165) is 74.0 Å². The molecule has 1 N–H and O–H groups in total. The minimum atomic E-state index is -0.541. The lowest BCUT2D eigenvalue weighted by atomic mass is 9.91. The molecule has 37 heavy (non-hydrogen) atoms. The van der Waals surface area contributed by atoms with Crippen molar-refractivity contribution in [1.29, 1.82) is 0 Å². The van der Waals surface area contributed by atoms with Gasteiger partial charge in [-0.25, -0.2) is 14.8 Å². The van der Waals surface area contributed by atoms with E-state index in [1.165, 1.54) is 0 Å². The Hall–Kier alpha value is -3.16. The maximum atomic E-state index is 12.7. The van der Waals surface area contributed by atoms with Crippen molar-refractivity contribution in [2.75, 3.05) is 18.1 Å². The van der Waals surface area contributed by atoms with Crippen molar-refractivity contribution in [3.63, 3.8) is 0 Å². The molecule has 0 unspecified atom stereocenters. The summed E-state index contributed by atoms with van der Waals surface area (Å²) in [4.78, 5) is 35.3. The van der Waals surface area contributed by atoms with Gasteiger partial charge in [0.1, 0.15) is 11.4 Å². The molecule has 0 spiro atoms. The number of hydrogen-bond donors (Lipinski definition) is 1. The number of aromatic nitrogens is 2. The first-order chi connectivity index (χ1) is 17.7. The Kier molecular flexibility index (Phi) is 10.3. The number of nitrogens with zero attached hydrogens (tertiary/aromatic N) is 3. The second kappa shape index (κ2) is 13.4. The summed E-state index contributed by atoms with van der Waals surface area (Å²) in [6, 6.07) is 7.56. The number of carbonyl (C=O) groups excluding carboxylic acids is 2. The van der Waals surface area contributed by atoms with Crippen LogP contribution >= 0.6 is 0 Å². The Bertz CT molecular complexity index is 1030. The number of anilines is 1. The number of amides is 1. The maximum absolute atomic E-state index is 12.7. The predicted octanol–water partition coefficient (Wildman–Crippen LogP) is 6.10. The molecule has 2 aromatic heterocycles. The Morgan fingerprint density at radius 3 is 2.59 bits per heavy atom. The first kappa shape index (κ1) is 28.4. The summed E-state index contributed by atoms with van der Waals surface area (Å²) in [5.41, 5.74) is 2.49. The molecule has 0 bridgehead atoms. The number of rotatable bonds is 11. The molecule has 1 atom stereocenters. The largest absolute Gasteiger partial charge is 0.493 e. The van der Waals surface area contributed by atoms with E-state index < -0.39 is 5.60 Å². The van der Waals surface area contributed by atoms with Gasteiger partial charge in [-0.2, -0.15) is 0 Å². The van der Waals surface area contributed by atoms with Crippen LogP contribution in [-0.2, 0) is 27.1 Å². The van der Waals surface area contributed by atoms with Crippen LogP contribution in [0.5, 0.6) is 5.88 Å². The average Bonchev–Trinajstić information content (AvgIpc) is 2.84. The number of unbranched alkanes of at least 4 members (excludes halogenated alkanes) is 3. The summed E-state index contributed by atoms with van der Waals surface area (Å²) in [5, 5.41) is 9.49. The van der Waals surface area contributed by atoms with Crippen molar-refractivity contribution in [3.05, 3.63) is 47.3 Å². The fraction of sp³-hybridized carbons (Fsp3) is 0.586. The van der Waals surface area contributed by atoms with Gasteiger partial charge in [0.05, 0.1) is 13.0 Å². The van der Waals surface area contributed by atoms with Crippen LogP contribution in [0.15, 0.2) is 30.5 Å². The Balaban J connectivity index is 1.49. The molecule has 0 aromatic carbocycles. The number of hydrogen-bond acceptors (Lipinski definition) is 7. The zero-order valence-corrected chi connectivity index (χ0v) is 22.7. The molecule has 0 radical (unpaired) electrons. The van der Waals surface area contributed by atoms with Gasteiger partial charge in [0, 0.05) is 24.5 Å². The summed E-state index contributed by atoms with van der Waals surface area (Å²) in [7, 11) is 0. The zero-order valence-electron chi connectivity index (χ0n) is 22.7. The second-order valence-electron chi connectivity index (χ2n) is 10.6. The SMILES string of the molecule is CCOC(=O)C[C@@H](CCCCCCc1ccc2c(n1)N(C(=O)OC(C)(C)C)CCC2)c1ccc(O)nc1. The van der Waals surface area contributed by atoms with E-state index in [2.05, 4.69) is 17.1 Å². The van der Waals surface area contributed by atoms with Crippen LogP contribution in [0.25, 0.3) is 0 Å². The number of pyridine rings is 2. The minimum absolute atomic E-state index is 0.0216. The van der Waals surface area contributed by atoms with Crippen molar-refractivity contribution in [3.8, 4) is 5.88 Å². The first-order valence-electron chi connectivity index (χ1n) is 13.5. The molecule has 0 aliphatic carbocycles. The van der Waals surface area contributed by atoms with E-state index in [-0.39, 0.29) is 23.9 Å². The molecule has 0 saturated carbocycles. The molecule has 8 nitrogen and oxygen atoms in total. The lowest BCUT2D eigenvalue weighted by Gasteiger charge is -2.31. The molecule has 2 aromatic rings. The quantitative estimate of drug-likeness (QED) is 0.287. The highest BCUT2D eigenvalue weighted by molar-refractivity contribution is 5.88. The Labute approximate surface area is 220 Å². The van der Waals surface area contributed by atoms with Crippen LogP contribution in [0.1, 0.15) is 95.4 Å². The molecule has 1 aliphatic rings. The topological polar surface area (TPSA) is 102 Å². The maximum Gasteiger partial charge on any atom is 0.416 e. The molecule has 1 aliphatic heterocycles. The molecule has 3 heterocycles. The molecular formula is C29H41N3O5. The van der Waals surface area contributed by atoms with Gasteiger partial charge in [-0.05, 0) is 82.9 Å². The molecule has 8 heteroatoms. The normalized spacial score (nSPS) is 14.1. The lowest BCUT2D eigenvalue weighted by molar-refractivity contribution is -0.143. The summed E-state index contributed by atoms with van der Waals surface area (Å²) in [6.07, 6.45) is 9.23. The number of carbonyl (C=O) groups is 2. The summed E-state index contributed by atoms with van der Waals surface area (Å²) in [5.74, 6) is 0.527. The molecular weight excluding hydrogens is 470 g/mol. The van der Waals surface area contributed by atoms with E-state index in [1.54, 1.807) is 17.2 Å². The molecule has 202 valence electrons. The lowest BCUT2D eigenvalue weighted by Crippen LogP contribution is -2.40. The monoisotopic (exact) mass is 511 g/mol. The Morgan fingerprint density at radius 2 is 1.89 bits per heavy atom. The molecule has 3 rings (SSSR count). The van der Waals surface area contributed by atoms with Gasteiger partial charge >= 0.3 is 12.1 Å². The van der Waals surface area contributed by atoms with Crippen LogP contribution in [0.2, 0.25) is 0 Å². The molecule has 1 amide bonds. The van der Waals surface area contributed by atoms with Crippen molar-refractivity contribution in [2.45, 2.75) is 97.0 Å². The van der Waals surface area contributed by atoms with Crippen LogP contribution in [0, 0.1) is 0 Å². The van der Waals surface area contributed by atoms with Gasteiger partial charge in [-0.1, -0.05) is 31.4 Å². The van der Waals surface area contributed by atoms with Gasteiger partial charge < -0.3 is 14.6 Å². The molecule has 0 saturated heterocycles. The molecule has 0 fully saturated rings. The fourth-order valence-electron chi connectivity index (χ4n) is 4.61. The standard InChI is InChI=1S/C29H41N3O5/c1-5-36-26(34)19-22(23-15-17-25(33)30-20-23)11-8-6-7-9-13-24-16-14-21-12-10-18-32(27(21)31-24)28(35)37-29(2,3)4/h14-17,20,22H,5-13,18-19H2,1-4H3,(H,30,33)/t22-/m1/s1. The number of aromatic hydroxyl groups is 1. The predicted molar refractivity (Wildman–Crippen MR) is 143 cm³/mol. The second-order valence-corrected chi connectivity index (χ2v) is 10.6. The Morgan fingerprint density at radius 1 is 1.11 bits per heavy atom. The van der Waals surface area contributed by atoms with Gasteiger partial charge in [0.25, 0.3) is 0 Å². The summed E-state index contributed by atoms with van der Waals surface area (Å²) < 4.78 is 10.7. The third-order valence-corrected chi connectivity index (χ3v) is 6.41. The van der Waals surface area contributed by atoms with Gasteiger partial charge in [0.2, 0.25) is 5.88 Å². The van der Waals surface area contributed by atoms with E-state index >= 15 is 0 Å². The van der Waals surface area contributed by atoms with Crippen molar-refractivity contribution < 1.29 is 24.2 Å². The highest BCUT2D eigenvalue weighted by atomic mass is 16.6. The fourth-order valence-corrected chi connectivity index (χ4v) is 4.61. The van der Waals surface area contributed by atoms with E-state index in [9.17, 15) is 14.7 Å². The van der Waals surface area contributed by atoms with Crippen LogP contribution in [-0.4, -0.2) is 45.9 Å². The minimum Gasteiger partial charge on any atom is -0.493 e. The van der Waals surface area contributed by atoms with Crippen molar-refractivity contribution in [1.82, 2.24) is 9.97 Å². The van der Waals surface area contributed by atoms with Crippen LogP contribution in [0.4, 0.5) is 10.6 Å². The van der Waals surface area contributed by atoms with E-state index in [1.807, 2.05) is 33.8 Å². The van der Waals surface area contributed by atoms with Crippen LogP contribution < -0.4 is 4.90 Å². The van der Waals surface area contributed by atoms with Crippen molar-refractivity contribution in [2.24, 2.45) is 0 Å². The number of fused-ring (bicyclic) bond motifs is 1.